The Kier molecular flexibility index (Phi) is 3.96. The molecular weight excluding hydrogens is 357 g/mol. The van der Waals surface area contributed by atoms with E-state index in [4.69, 9.17) is 9.47 Å². The van der Waals surface area contributed by atoms with E-state index in [1.165, 1.54) is 12.1 Å². The van der Waals surface area contributed by atoms with Gasteiger partial charge in [-0.25, -0.2) is 13.8 Å². The fraction of sp³-hybridized carbons (Fsp3) is 0.0556. The van der Waals surface area contributed by atoms with Gasteiger partial charge in [0.05, 0.1) is 11.4 Å². The number of halogens is 1. The first kappa shape index (κ1) is 16.6. The molecule has 0 amide bonds. The lowest BCUT2D eigenvalue weighted by Crippen LogP contribution is -2.31. The lowest BCUT2D eigenvalue weighted by atomic mass is 10.2. The maximum atomic E-state index is 13.1. The summed E-state index contributed by atoms with van der Waals surface area (Å²) < 4.78 is 24.4. The Balaban J connectivity index is 1.77. The van der Waals surface area contributed by atoms with E-state index < -0.39 is 22.9 Å². The van der Waals surface area contributed by atoms with Gasteiger partial charge in [0.2, 0.25) is 12.7 Å². The molecule has 2 N–H and O–H groups in total. The van der Waals surface area contributed by atoms with Gasteiger partial charge in [-0.05, 0) is 36.4 Å². The summed E-state index contributed by atoms with van der Waals surface area (Å²) in [5.74, 6) is -0.0151. The van der Waals surface area contributed by atoms with Crippen LogP contribution in [0.5, 0.6) is 17.4 Å². The number of aromatic amines is 1. The smallest absolute Gasteiger partial charge is 0.335 e. The molecule has 9 heteroatoms. The summed E-state index contributed by atoms with van der Waals surface area (Å²) in [6.07, 6.45) is 1.13. The molecule has 0 bridgehead atoms. The van der Waals surface area contributed by atoms with Gasteiger partial charge in [0, 0.05) is 12.3 Å². The van der Waals surface area contributed by atoms with Crippen LogP contribution in [-0.4, -0.2) is 27.7 Å². The van der Waals surface area contributed by atoms with Crippen LogP contribution in [0.3, 0.4) is 0 Å². The Morgan fingerprint density at radius 1 is 1.11 bits per heavy atom. The monoisotopic (exact) mass is 369 g/mol. The van der Waals surface area contributed by atoms with E-state index in [0.29, 0.717) is 17.2 Å². The van der Waals surface area contributed by atoms with Crippen LogP contribution in [0, 0.1) is 5.82 Å². The molecular formula is C18H12FN3O5. The summed E-state index contributed by atoms with van der Waals surface area (Å²) >= 11 is 0. The number of aliphatic imine (C=N–C) groups is 1. The summed E-state index contributed by atoms with van der Waals surface area (Å²) in [5.41, 5.74) is -1.24. The highest BCUT2D eigenvalue weighted by atomic mass is 19.1. The van der Waals surface area contributed by atoms with Gasteiger partial charge in [-0.2, -0.15) is 0 Å². The number of aromatic hydroxyl groups is 1. The van der Waals surface area contributed by atoms with E-state index in [1.54, 1.807) is 18.2 Å². The number of hydrogen-bond acceptors (Lipinski definition) is 6. The van der Waals surface area contributed by atoms with Gasteiger partial charge in [-0.3, -0.25) is 14.8 Å². The molecule has 0 unspecified atom stereocenters. The number of benzene rings is 2. The number of rotatable bonds is 3. The average molecular weight is 369 g/mol. The van der Waals surface area contributed by atoms with E-state index >= 15 is 0 Å². The van der Waals surface area contributed by atoms with Crippen molar-refractivity contribution in [3.63, 3.8) is 0 Å². The first-order valence-electron chi connectivity index (χ1n) is 7.81. The molecule has 2 heterocycles. The summed E-state index contributed by atoms with van der Waals surface area (Å²) in [5, 5.41) is 10.4. The number of aromatic nitrogens is 2. The third kappa shape index (κ3) is 3.06. The number of ether oxygens (including phenoxy) is 2. The predicted octanol–water partition coefficient (Wildman–Crippen LogP) is 1.85. The molecule has 1 aliphatic rings. The Morgan fingerprint density at radius 2 is 1.85 bits per heavy atom. The van der Waals surface area contributed by atoms with Crippen molar-refractivity contribution in [3.8, 4) is 23.1 Å². The quantitative estimate of drug-likeness (QED) is 0.686. The van der Waals surface area contributed by atoms with E-state index in [-0.39, 0.29) is 18.0 Å². The van der Waals surface area contributed by atoms with Crippen LogP contribution in [0.4, 0.5) is 10.1 Å². The fourth-order valence-electron chi connectivity index (χ4n) is 2.59. The molecule has 8 nitrogen and oxygen atoms in total. The summed E-state index contributed by atoms with van der Waals surface area (Å²) in [6, 6.07) is 9.78. The third-order valence-electron chi connectivity index (χ3n) is 3.90. The number of hydrogen-bond donors (Lipinski definition) is 2. The van der Waals surface area contributed by atoms with Gasteiger partial charge in [-0.15, -0.1) is 0 Å². The molecule has 0 aliphatic carbocycles. The normalized spacial score (nSPS) is 12.6. The van der Waals surface area contributed by atoms with Crippen LogP contribution in [0.25, 0.3) is 5.69 Å². The average Bonchev–Trinajstić information content (AvgIpc) is 3.10. The number of nitrogens with zero attached hydrogens (tertiary/aromatic N) is 2. The molecule has 1 aromatic heterocycles. The standard InChI is InChI=1S/C18H12FN3O5/c19-10-1-4-12(5-2-10)22-17(24)13(16(23)21-18(22)25)8-20-11-3-6-14-15(7-11)27-9-26-14/h1-8,24H,9H2,(H,21,23,25). The van der Waals surface area contributed by atoms with Crippen LogP contribution in [-0.2, 0) is 0 Å². The molecule has 4 rings (SSSR count). The number of nitrogens with one attached hydrogen (secondary N) is 1. The zero-order valence-electron chi connectivity index (χ0n) is 13.7. The SMILES string of the molecule is O=c1[nH]c(=O)n(-c2ccc(F)cc2)c(O)c1C=Nc1ccc2c(c1)OCO2. The van der Waals surface area contributed by atoms with Crippen LogP contribution in [0.2, 0.25) is 0 Å². The zero-order valence-corrected chi connectivity index (χ0v) is 13.7. The highest BCUT2D eigenvalue weighted by molar-refractivity contribution is 5.84. The topological polar surface area (TPSA) is 106 Å². The molecule has 2 aromatic carbocycles. The second-order valence-corrected chi connectivity index (χ2v) is 5.60. The number of H-pyrrole nitrogens is 1. The first-order valence-corrected chi connectivity index (χ1v) is 7.81. The lowest BCUT2D eigenvalue weighted by molar-refractivity contribution is 0.174. The summed E-state index contributed by atoms with van der Waals surface area (Å²) in [6.45, 7) is 0.117. The van der Waals surface area contributed by atoms with Gasteiger partial charge < -0.3 is 14.6 Å². The minimum atomic E-state index is -0.857. The molecule has 3 aromatic rings. The zero-order chi connectivity index (χ0) is 19.0. The second kappa shape index (κ2) is 6.45. The van der Waals surface area contributed by atoms with Gasteiger partial charge in [0.1, 0.15) is 11.4 Å². The number of fused-ring (bicyclic) bond motifs is 1. The fourth-order valence-corrected chi connectivity index (χ4v) is 2.59. The maximum Gasteiger partial charge on any atom is 0.335 e. The summed E-state index contributed by atoms with van der Waals surface area (Å²) in [7, 11) is 0. The molecule has 0 saturated carbocycles. The van der Waals surface area contributed by atoms with E-state index in [2.05, 4.69) is 9.98 Å². The van der Waals surface area contributed by atoms with Crippen molar-refractivity contribution >= 4 is 11.9 Å². The van der Waals surface area contributed by atoms with Crippen molar-refractivity contribution in [2.45, 2.75) is 0 Å². The third-order valence-corrected chi connectivity index (χ3v) is 3.90. The lowest BCUT2D eigenvalue weighted by Gasteiger charge is -2.09. The Labute approximate surface area is 150 Å². The van der Waals surface area contributed by atoms with Crippen molar-refractivity contribution in [2.24, 2.45) is 4.99 Å². The van der Waals surface area contributed by atoms with Crippen molar-refractivity contribution < 1.29 is 19.0 Å². The molecule has 0 fully saturated rings. The first-order chi connectivity index (χ1) is 13.0. The summed E-state index contributed by atoms with van der Waals surface area (Å²) in [4.78, 5) is 30.4. The molecule has 0 radical (unpaired) electrons. The minimum Gasteiger partial charge on any atom is -0.493 e. The van der Waals surface area contributed by atoms with Gasteiger partial charge in [-0.1, -0.05) is 0 Å². The van der Waals surface area contributed by atoms with Gasteiger partial charge in [0.15, 0.2) is 11.5 Å². The van der Waals surface area contributed by atoms with E-state index in [0.717, 1.165) is 22.9 Å². The minimum absolute atomic E-state index is 0.117. The van der Waals surface area contributed by atoms with Gasteiger partial charge in [0.25, 0.3) is 5.56 Å². The van der Waals surface area contributed by atoms with E-state index in [1.807, 2.05) is 0 Å². The highest BCUT2D eigenvalue weighted by Gasteiger charge is 2.15. The molecule has 0 spiro atoms. The van der Waals surface area contributed by atoms with Crippen molar-refractivity contribution in [3.05, 3.63) is 74.7 Å². The second-order valence-electron chi connectivity index (χ2n) is 5.60. The molecule has 0 saturated heterocycles. The molecule has 27 heavy (non-hydrogen) atoms. The van der Waals surface area contributed by atoms with Crippen LogP contribution in [0.15, 0.2) is 57.0 Å². The molecule has 136 valence electrons. The highest BCUT2D eigenvalue weighted by Crippen LogP contribution is 2.35. The van der Waals surface area contributed by atoms with Crippen molar-refractivity contribution in [2.75, 3.05) is 6.79 Å². The van der Waals surface area contributed by atoms with Crippen LogP contribution < -0.4 is 20.7 Å². The predicted molar refractivity (Wildman–Crippen MR) is 94.1 cm³/mol. The molecule has 1 aliphatic heterocycles. The van der Waals surface area contributed by atoms with Crippen molar-refractivity contribution in [1.29, 1.82) is 0 Å². The van der Waals surface area contributed by atoms with Gasteiger partial charge >= 0.3 is 5.69 Å². The largest absolute Gasteiger partial charge is 0.493 e. The van der Waals surface area contributed by atoms with Crippen LogP contribution >= 0.6 is 0 Å². The molecule has 0 atom stereocenters. The Morgan fingerprint density at radius 3 is 2.63 bits per heavy atom. The van der Waals surface area contributed by atoms with Crippen molar-refractivity contribution in [1.82, 2.24) is 9.55 Å². The Bertz CT molecular complexity index is 1170. The Hall–Kier alpha value is -3.88. The van der Waals surface area contributed by atoms with E-state index in [9.17, 15) is 19.1 Å². The van der Waals surface area contributed by atoms with Crippen LogP contribution in [0.1, 0.15) is 5.56 Å². The maximum absolute atomic E-state index is 13.1.